The molecule has 0 fully saturated rings. The van der Waals surface area contributed by atoms with E-state index < -0.39 is 0 Å². The van der Waals surface area contributed by atoms with E-state index in [0.29, 0.717) is 23.7 Å². The number of hydrogen-bond acceptors (Lipinski definition) is 5. The zero-order chi connectivity index (χ0) is 14.1. The molecule has 6 nitrogen and oxygen atoms in total. The normalized spacial score (nSPS) is 11.1. The van der Waals surface area contributed by atoms with Crippen LogP contribution in [0.3, 0.4) is 0 Å². The van der Waals surface area contributed by atoms with Gasteiger partial charge in [-0.2, -0.15) is 0 Å². The fraction of sp³-hybridized carbons (Fsp3) is 0.154. The average molecular weight is 291 g/mol. The number of aromatic nitrogens is 3. The van der Waals surface area contributed by atoms with Crippen LogP contribution in [0.2, 0.25) is 5.02 Å². The van der Waals surface area contributed by atoms with Crippen molar-refractivity contribution in [2.75, 3.05) is 6.54 Å². The molecule has 0 amide bonds. The van der Waals surface area contributed by atoms with Crippen molar-refractivity contribution in [3.63, 3.8) is 0 Å². The molecule has 0 unspecified atom stereocenters. The Hall–Kier alpha value is -2.18. The van der Waals surface area contributed by atoms with Gasteiger partial charge >= 0.3 is 0 Å². The molecule has 0 aliphatic carbocycles. The molecule has 3 rings (SSSR count). The Balaban J connectivity index is 1.94. The van der Waals surface area contributed by atoms with E-state index in [-0.39, 0.29) is 17.2 Å². The second-order valence-corrected chi connectivity index (χ2v) is 4.71. The first-order valence-corrected chi connectivity index (χ1v) is 6.39. The SMILES string of the molecule is NCCn1cc(C(=O)c2cc3cc(Cl)ccc3o2)nn1. The van der Waals surface area contributed by atoms with Gasteiger partial charge in [0.15, 0.2) is 11.5 Å². The van der Waals surface area contributed by atoms with E-state index in [2.05, 4.69) is 10.3 Å². The van der Waals surface area contributed by atoms with Crippen molar-refractivity contribution in [1.29, 1.82) is 0 Å². The maximum Gasteiger partial charge on any atom is 0.250 e. The third-order valence-electron chi connectivity index (χ3n) is 2.83. The van der Waals surface area contributed by atoms with Crippen LogP contribution in [0.4, 0.5) is 0 Å². The van der Waals surface area contributed by atoms with Crippen LogP contribution in [-0.4, -0.2) is 27.3 Å². The monoisotopic (exact) mass is 290 g/mol. The fourth-order valence-corrected chi connectivity index (χ4v) is 2.08. The minimum absolute atomic E-state index is 0.210. The summed E-state index contributed by atoms with van der Waals surface area (Å²) >= 11 is 5.90. The van der Waals surface area contributed by atoms with Crippen LogP contribution in [0.5, 0.6) is 0 Å². The zero-order valence-corrected chi connectivity index (χ0v) is 11.2. The number of furan rings is 1. The summed E-state index contributed by atoms with van der Waals surface area (Å²) in [5.74, 6) is -0.109. The van der Waals surface area contributed by atoms with Gasteiger partial charge in [0.1, 0.15) is 5.58 Å². The summed E-state index contributed by atoms with van der Waals surface area (Å²) < 4.78 is 7.02. The van der Waals surface area contributed by atoms with Crippen LogP contribution in [0.25, 0.3) is 11.0 Å². The Kier molecular flexibility index (Phi) is 3.25. The minimum Gasteiger partial charge on any atom is -0.453 e. The number of ketones is 1. The second-order valence-electron chi connectivity index (χ2n) is 4.28. The van der Waals surface area contributed by atoms with Gasteiger partial charge in [-0.1, -0.05) is 16.8 Å². The number of hydrogen-bond donors (Lipinski definition) is 1. The number of nitrogens with two attached hydrogens (primary N) is 1. The smallest absolute Gasteiger partial charge is 0.250 e. The molecular weight excluding hydrogens is 280 g/mol. The molecule has 3 aromatic rings. The van der Waals surface area contributed by atoms with Crippen LogP contribution in [-0.2, 0) is 6.54 Å². The molecule has 2 heterocycles. The van der Waals surface area contributed by atoms with Gasteiger partial charge in [0.25, 0.3) is 0 Å². The van der Waals surface area contributed by atoms with Crippen molar-refractivity contribution < 1.29 is 9.21 Å². The lowest BCUT2D eigenvalue weighted by molar-refractivity contribution is 0.101. The quantitative estimate of drug-likeness (QED) is 0.741. The molecule has 2 N–H and O–H groups in total. The molecule has 0 atom stereocenters. The molecule has 0 saturated carbocycles. The molecule has 1 aromatic carbocycles. The van der Waals surface area contributed by atoms with Gasteiger partial charge in [0.2, 0.25) is 5.78 Å². The molecular formula is C13H11ClN4O2. The first kappa shape index (κ1) is 12.8. The number of nitrogens with zero attached hydrogens (tertiary/aromatic N) is 3. The third-order valence-corrected chi connectivity index (χ3v) is 3.07. The van der Waals surface area contributed by atoms with Gasteiger partial charge in [-0.3, -0.25) is 9.48 Å². The maximum atomic E-state index is 12.2. The highest BCUT2D eigenvalue weighted by atomic mass is 35.5. The highest BCUT2D eigenvalue weighted by molar-refractivity contribution is 6.31. The molecule has 0 aliphatic rings. The zero-order valence-electron chi connectivity index (χ0n) is 10.4. The Bertz CT molecular complexity index is 778. The Morgan fingerprint density at radius 3 is 3.05 bits per heavy atom. The summed E-state index contributed by atoms with van der Waals surface area (Å²) in [4.78, 5) is 12.2. The molecule has 7 heteroatoms. The van der Waals surface area contributed by atoms with E-state index in [9.17, 15) is 4.79 Å². The molecule has 0 aliphatic heterocycles. The van der Waals surface area contributed by atoms with Gasteiger partial charge in [-0.05, 0) is 24.3 Å². The Morgan fingerprint density at radius 2 is 2.25 bits per heavy atom. The van der Waals surface area contributed by atoms with E-state index in [1.54, 1.807) is 30.5 Å². The fourth-order valence-electron chi connectivity index (χ4n) is 1.90. The summed E-state index contributed by atoms with van der Waals surface area (Å²) in [5, 5.41) is 9.01. The molecule has 0 radical (unpaired) electrons. The van der Waals surface area contributed by atoms with Crippen molar-refractivity contribution in [2.24, 2.45) is 5.73 Å². The van der Waals surface area contributed by atoms with E-state index in [0.717, 1.165) is 5.39 Å². The highest BCUT2D eigenvalue weighted by Gasteiger charge is 2.18. The van der Waals surface area contributed by atoms with Gasteiger partial charge in [-0.25, -0.2) is 0 Å². The number of halogens is 1. The van der Waals surface area contributed by atoms with Crippen molar-refractivity contribution in [1.82, 2.24) is 15.0 Å². The van der Waals surface area contributed by atoms with Gasteiger partial charge in [-0.15, -0.1) is 5.10 Å². The van der Waals surface area contributed by atoms with Gasteiger partial charge < -0.3 is 10.2 Å². The van der Waals surface area contributed by atoms with Gasteiger partial charge in [0.05, 0.1) is 12.7 Å². The molecule has 102 valence electrons. The third kappa shape index (κ3) is 2.31. The predicted molar refractivity (Wildman–Crippen MR) is 73.7 cm³/mol. The Labute approximate surface area is 119 Å². The number of carbonyl (C=O) groups excluding carboxylic acids is 1. The largest absolute Gasteiger partial charge is 0.453 e. The van der Waals surface area contributed by atoms with Crippen molar-refractivity contribution in [2.45, 2.75) is 6.54 Å². The van der Waals surface area contributed by atoms with Crippen LogP contribution in [0.15, 0.2) is 34.9 Å². The molecule has 0 saturated heterocycles. The van der Waals surface area contributed by atoms with Crippen molar-refractivity contribution in [3.05, 3.63) is 46.9 Å². The standard InChI is InChI=1S/C13H11ClN4O2/c14-9-1-2-11-8(5-9)6-12(20-11)13(19)10-7-18(4-3-15)17-16-10/h1-2,5-7H,3-4,15H2. The van der Waals surface area contributed by atoms with E-state index >= 15 is 0 Å². The summed E-state index contributed by atoms with van der Waals surface area (Å²) in [6.45, 7) is 0.941. The van der Waals surface area contributed by atoms with Crippen LogP contribution in [0, 0.1) is 0 Å². The number of rotatable bonds is 4. The predicted octanol–water partition coefficient (Wildman–Crippen LogP) is 1.87. The number of benzene rings is 1. The lowest BCUT2D eigenvalue weighted by atomic mass is 10.2. The van der Waals surface area contributed by atoms with E-state index in [1.165, 1.54) is 4.68 Å². The summed E-state index contributed by atoms with van der Waals surface area (Å²) in [5.41, 5.74) is 6.25. The maximum absolute atomic E-state index is 12.2. The van der Waals surface area contributed by atoms with Crippen LogP contribution in [0.1, 0.15) is 16.2 Å². The van der Waals surface area contributed by atoms with Crippen LogP contribution < -0.4 is 5.73 Å². The molecule has 0 spiro atoms. The number of fused-ring (bicyclic) bond motifs is 1. The van der Waals surface area contributed by atoms with Crippen LogP contribution >= 0.6 is 11.6 Å². The second kappa shape index (κ2) is 5.07. The molecule has 0 bridgehead atoms. The number of carbonyl (C=O) groups is 1. The van der Waals surface area contributed by atoms with Gasteiger partial charge in [0, 0.05) is 17.0 Å². The summed E-state index contributed by atoms with van der Waals surface area (Å²) in [6.07, 6.45) is 1.55. The van der Waals surface area contributed by atoms with Crippen molar-refractivity contribution in [3.8, 4) is 0 Å². The first-order chi connectivity index (χ1) is 9.67. The summed E-state index contributed by atoms with van der Waals surface area (Å²) in [7, 11) is 0. The molecule has 2 aromatic heterocycles. The first-order valence-electron chi connectivity index (χ1n) is 6.01. The lowest BCUT2D eigenvalue weighted by Crippen LogP contribution is -2.10. The highest BCUT2D eigenvalue weighted by Crippen LogP contribution is 2.24. The summed E-state index contributed by atoms with van der Waals surface area (Å²) in [6, 6.07) is 6.81. The topological polar surface area (TPSA) is 86.9 Å². The lowest BCUT2D eigenvalue weighted by Gasteiger charge is -1.92. The van der Waals surface area contributed by atoms with Crippen molar-refractivity contribution >= 4 is 28.4 Å². The average Bonchev–Trinajstić information content (AvgIpc) is 3.04. The minimum atomic E-state index is -0.319. The van der Waals surface area contributed by atoms with E-state index in [1.807, 2.05) is 0 Å². The van der Waals surface area contributed by atoms with E-state index in [4.69, 9.17) is 21.8 Å². The molecule has 20 heavy (non-hydrogen) atoms. The Morgan fingerprint density at radius 1 is 1.40 bits per heavy atom.